The predicted octanol–water partition coefficient (Wildman–Crippen LogP) is 4.81. The standard InChI is InChI=1S/C20H29N3O2/c1-5-14-9-10-15-16(13-14)22-17(21-15)20(11-7-6-8-12-20)23-18(24)25-19(2,3)4/h9-10,13H,5-8,11-12H2,1-4H3,(H,21,22)(H,23,24). The third kappa shape index (κ3) is 3.97. The summed E-state index contributed by atoms with van der Waals surface area (Å²) >= 11 is 0. The van der Waals surface area contributed by atoms with E-state index in [1.165, 1.54) is 12.0 Å². The van der Waals surface area contributed by atoms with Gasteiger partial charge >= 0.3 is 6.09 Å². The average Bonchev–Trinajstić information content (AvgIpc) is 2.97. The summed E-state index contributed by atoms with van der Waals surface area (Å²) in [5.74, 6) is 0.848. The molecule has 5 heteroatoms. The van der Waals surface area contributed by atoms with E-state index in [4.69, 9.17) is 9.72 Å². The Bertz CT molecular complexity index is 752. The molecule has 0 aliphatic heterocycles. The number of benzene rings is 1. The van der Waals surface area contributed by atoms with Crippen LogP contribution in [-0.2, 0) is 16.7 Å². The van der Waals surface area contributed by atoms with Gasteiger partial charge < -0.3 is 15.0 Å². The normalized spacial score (nSPS) is 17.4. The molecule has 136 valence electrons. The first kappa shape index (κ1) is 17.8. The molecule has 1 aliphatic rings. The number of nitrogens with zero attached hydrogens (tertiary/aromatic N) is 1. The van der Waals surface area contributed by atoms with E-state index in [9.17, 15) is 4.79 Å². The number of aryl methyl sites for hydroxylation is 1. The minimum absolute atomic E-state index is 0.371. The maximum absolute atomic E-state index is 12.4. The Hall–Kier alpha value is -2.04. The summed E-state index contributed by atoms with van der Waals surface area (Å²) in [5, 5.41) is 3.14. The second-order valence-corrected chi connectivity index (χ2v) is 8.06. The second-order valence-electron chi connectivity index (χ2n) is 8.06. The first-order valence-electron chi connectivity index (χ1n) is 9.32. The number of aromatic amines is 1. The third-order valence-corrected chi connectivity index (χ3v) is 4.86. The number of hydrogen-bond acceptors (Lipinski definition) is 3. The Morgan fingerprint density at radius 3 is 2.64 bits per heavy atom. The van der Waals surface area contributed by atoms with Crippen LogP contribution in [0.3, 0.4) is 0 Å². The number of carbonyl (C=O) groups excluding carboxylic acids is 1. The minimum Gasteiger partial charge on any atom is -0.444 e. The van der Waals surface area contributed by atoms with Gasteiger partial charge in [0.1, 0.15) is 17.0 Å². The Balaban J connectivity index is 1.93. The monoisotopic (exact) mass is 343 g/mol. The number of rotatable bonds is 3. The molecule has 1 aromatic carbocycles. The molecule has 3 rings (SSSR count). The van der Waals surface area contributed by atoms with Crippen LogP contribution in [0.25, 0.3) is 11.0 Å². The van der Waals surface area contributed by atoms with Gasteiger partial charge in [0.05, 0.1) is 11.0 Å². The number of alkyl carbamates (subject to hydrolysis) is 1. The zero-order chi connectivity index (χ0) is 18.1. The Kier molecular flexibility index (Phi) is 4.76. The Labute approximate surface area is 149 Å². The van der Waals surface area contributed by atoms with Crippen LogP contribution in [0, 0.1) is 0 Å². The lowest BCUT2D eigenvalue weighted by molar-refractivity contribution is 0.0413. The summed E-state index contributed by atoms with van der Waals surface area (Å²) in [6, 6.07) is 6.32. The Morgan fingerprint density at radius 2 is 2.00 bits per heavy atom. The van der Waals surface area contributed by atoms with Crippen LogP contribution in [-0.4, -0.2) is 21.7 Å². The van der Waals surface area contributed by atoms with E-state index in [1.807, 2.05) is 20.8 Å². The van der Waals surface area contributed by atoms with Crippen molar-refractivity contribution in [1.29, 1.82) is 0 Å². The number of hydrogen-bond donors (Lipinski definition) is 2. The maximum atomic E-state index is 12.4. The fourth-order valence-corrected chi connectivity index (χ4v) is 3.58. The van der Waals surface area contributed by atoms with Gasteiger partial charge in [-0.25, -0.2) is 9.78 Å². The fourth-order valence-electron chi connectivity index (χ4n) is 3.58. The average molecular weight is 343 g/mol. The van der Waals surface area contributed by atoms with Crippen LogP contribution in [0.5, 0.6) is 0 Å². The fraction of sp³-hybridized carbons (Fsp3) is 0.600. The molecule has 0 radical (unpaired) electrons. The third-order valence-electron chi connectivity index (χ3n) is 4.86. The first-order chi connectivity index (χ1) is 11.8. The lowest BCUT2D eigenvalue weighted by Gasteiger charge is -2.36. The number of carbonyl (C=O) groups is 1. The van der Waals surface area contributed by atoms with Gasteiger partial charge in [0.2, 0.25) is 0 Å². The lowest BCUT2D eigenvalue weighted by atomic mass is 9.81. The molecule has 1 amide bonds. The van der Waals surface area contributed by atoms with Crippen LogP contribution in [0.4, 0.5) is 4.79 Å². The van der Waals surface area contributed by atoms with Gasteiger partial charge in [-0.3, -0.25) is 0 Å². The summed E-state index contributed by atoms with van der Waals surface area (Å²) in [7, 11) is 0. The highest BCUT2D eigenvalue weighted by Crippen LogP contribution is 2.37. The van der Waals surface area contributed by atoms with E-state index < -0.39 is 11.1 Å². The molecule has 25 heavy (non-hydrogen) atoms. The van der Waals surface area contributed by atoms with Crippen LogP contribution >= 0.6 is 0 Å². The first-order valence-corrected chi connectivity index (χ1v) is 9.32. The number of nitrogens with one attached hydrogen (secondary N) is 2. The summed E-state index contributed by atoms with van der Waals surface area (Å²) in [5.41, 5.74) is 2.28. The molecule has 2 N–H and O–H groups in total. The number of imidazole rings is 1. The van der Waals surface area contributed by atoms with Crippen LogP contribution in [0.2, 0.25) is 0 Å². The van der Waals surface area contributed by atoms with E-state index in [0.717, 1.165) is 49.0 Å². The van der Waals surface area contributed by atoms with E-state index in [-0.39, 0.29) is 6.09 Å². The van der Waals surface area contributed by atoms with Crippen molar-refractivity contribution >= 4 is 17.1 Å². The Morgan fingerprint density at radius 1 is 1.28 bits per heavy atom. The smallest absolute Gasteiger partial charge is 0.408 e. The van der Waals surface area contributed by atoms with Crippen molar-refractivity contribution in [2.75, 3.05) is 0 Å². The molecule has 2 aromatic rings. The van der Waals surface area contributed by atoms with E-state index >= 15 is 0 Å². The number of fused-ring (bicyclic) bond motifs is 1. The van der Waals surface area contributed by atoms with Gasteiger partial charge in [0, 0.05) is 0 Å². The number of H-pyrrole nitrogens is 1. The number of amides is 1. The highest BCUT2D eigenvalue weighted by atomic mass is 16.6. The van der Waals surface area contributed by atoms with Gasteiger partial charge in [-0.2, -0.15) is 0 Å². The summed E-state index contributed by atoms with van der Waals surface area (Å²) in [6.45, 7) is 7.79. The van der Waals surface area contributed by atoms with E-state index in [1.54, 1.807) is 0 Å². The molecule has 0 spiro atoms. The number of aromatic nitrogens is 2. The SMILES string of the molecule is CCc1ccc2nc(C3(NC(=O)OC(C)(C)C)CCCCC3)[nH]c2c1. The maximum Gasteiger partial charge on any atom is 0.408 e. The molecule has 1 aliphatic carbocycles. The second kappa shape index (κ2) is 6.70. The largest absolute Gasteiger partial charge is 0.444 e. The zero-order valence-electron chi connectivity index (χ0n) is 15.7. The van der Waals surface area contributed by atoms with Gasteiger partial charge in [0.15, 0.2) is 0 Å². The summed E-state index contributed by atoms with van der Waals surface area (Å²) in [4.78, 5) is 20.7. The lowest BCUT2D eigenvalue weighted by Crippen LogP contribution is -2.49. The van der Waals surface area contributed by atoms with E-state index in [0.29, 0.717) is 0 Å². The van der Waals surface area contributed by atoms with Gasteiger partial charge in [-0.15, -0.1) is 0 Å². The zero-order valence-corrected chi connectivity index (χ0v) is 15.7. The number of ether oxygens (including phenoxy) is 1. The van der Waals surface area contributed by atoms with Crippen LogP contribution in [0.15, 0.2) is 18.2 Å². The molecule has 1 heterocycles. The van der Waals surface area contributed by atoms with Crippen molar-refractivity contribution < 1.29 is 9.53 Å². The van der Waals surface area contributed by atoms with Gasteiger partial charge in [-0.05, 0) is 57.7 Å². The molecule has 5 nitrogen and oxygen atoms in total. The quantitative estimate of drug-likeness (QED) is 0.840. The molecular weight excluding hydrogens is 314 g/mol. The van der Waals surface area contributed by atoms with Crippen molar-refractivity contribution in [2.24, 2.45) is 0 Å². The molecular formula is C20H29N3O2. The van der Waals surface area contributed by atoms with Crippen molar-refractivity contribution in [3.05, 3.63) is 29.6 Å². The van der Waals surface area contributed by atoms with Crippen LogP contribution in [0.1, 0.15) is 71.2 Å². The molecule has 1 fully saturated rings. The highest BCUT2D eigenvalue weighted by Gasteiger charge is 2.39. The van der Waals surface area contributed by atoms with E-state index in [2.05, 4.69) is 35.4 Å². The molecule has 1 saturated carbocycles. The topological polar surface area (TPSA) is 67.0 Å². The molecule has 0 bridgehead atoms. The molecule has 0 unspecified atom stereocenters. The predicted molar refractivity (Wildman–Crippen MR) is 99.6 cm³/mol. The van der Waals surface area contributed by atoms with Gasteiger partial charge in [0.25, 0.3) is 0 Å². The van der Waals surface area contributed by atoms with Crippen molar-refractivity contribution in [3.63, 3.8) is 0 Å². The van der Waals surface area contributed by atoms with Gasteiger partial charge in [-0.1, -0.05) is 32.3 Å². The summed E-state index contributed by atoms with van der Waals surface area (Å²) in [6.07, 6.45) is 5.73. The van der Waals surface area contributed by atoms with Crippen molar-refractivity contribution in [3.8, 4) is 0 Å². The van der Waals surface area contributed by atoms with Crippen LogP contribution < -0.4 is 5.32 Å². The van der Waals surface area contributed by atoms with Crippen molar-refractivity contribution in [1.82, 2.24) is 15.3 Å². The minimum atomic E-state index is -0.510. The molecule has 0 saturated heterocycles. The van der Waals surface area contributed by atoms with Crippen molar-refractivity contribution in [2.45, 2.75) is 77.4 Å². The molecule has 1 aromatic heterocycles. The highest BCUT2D eigenvalue weighted by molar-refractivity contribution is 5.76. The molecule has 0 atom stereocenters. The summed E-state index contributed by atoms with van der Waals surface area (Å²) < 4.78 is 5.51.